The second kappa shape index (κ2) is 8.38. The molecule has 0 aliphatic carbocycles. The quantitative estimate of drug-likeness (QED) is 0.462. The molecule has 30 heavy (non-hydrogen) atoms. The molecule has 0 N–H and O–H groups in total. The van der Waals surface area contributed by atoms with Crippen LogP contribution >= 0.6 is 0 Å². The maximum Gasteiger partial charge on any atom is 0.171 e. The molecule has 0 unspecified atom stereocenters. The lowest BCUT2D eigenvalue weighted by molar-refractivity contribution is 0.145. The lowest BCUT2D eigenvalue weighted by Gasteiger charge is -2.32. The van der Waals surface area contributed by atoms with E-state index in [0.717, 1.165) is 79.4 Å². The van der Waals surface area contributed by atoms with E-state index in [9.17, 15) is 0 Å². The number of rotatable bonds is 6. The summed E-state index contributed by atoms with van der Waals surface area (Å²) >= 11 is 0. The lowest BCUT2D eigenvalue weighted by Crippen LogP contribution is -2.44. The molecule has 0 saturated carbocycles. The SMILES string of the molecule is CN1CCN(CCCOc2ccc(-c3nnc4c5ccccc5ncn34)cc2)CC1. The fourth-order valence-electron chi connectivity index (χ4n) is 3.93. The largest absolute Gasteiger partial charge is 0.494 e. The van der Waals surface area contributed by atoms with Gasteiger partial charge in [0.2, 0.25) is 0 Å². The molecular formula is C23H26N6O. The van der Waals surface area contributed by atoms with Crippen molar-refractivity contribution in [1.82, 2.24) is 29.4 Å². The van der Waals surface area contributed by atoms with Gasteiger partial charge in [-0.3, -0.25) is 4.40 Å². The van der Waals surface area contributed by atoms with E-state index in [1.807, 2.05) is 52.9 Å². The third-order valence-electron chi connectivity index (χ3n) is 5.75. The summed E-state index contributed by atoms with van der Waals surface area (Å²) in [5, 5.41) is 9.79. The Labute approximate surface area is 175 Å². The molecule has 154 valence electrons. The topological polar surface area (TPSA) is 58.8 Å². The van der Waals surface area contributed by atoms with Crippen LogP contribution in [0.25, 0.3) is 27.9 Å². The number of fused-ring (bicyclic) bond motifs is 3. The first-order chi connectivity index (χ1) is 14.8. The number of ether oxygens (including phenoxy) is 1. The van der Waals surface area contributed by atoms with E-state index in [4.69, 9.17) is 4.74 Å². The fourth-order valence-corrected chi connectivity index (χ4v) is 3.93. The summed E-state index contributed by atoms with van der Waals surface area (Å²) in [6, 6.07) is 16.0. The number of aromatic nitrogens is 4. The van der Waals surface area contributed by atoms with Crippen molar-refractivity contribution in [3.05, 3.63) is 54.9 Å². The molecule has 7 nitrogen and oxygen atoms in total. The first kappa shape index (κ1) is 19.0. The van der Waals surface area contributed by atoms with Gasteiger partial charge in [-0.2, -0.15) is 0 Å². The van der Waals surface area contributed by atoms with E-state index < -0.39 is 0 Å². The second-order valence-corrected chi connectivity index (χ2v) is 7.85. The molecule has 0 radical (unpaired) electrons. The fraction of sp³-hybridized carbons (Fsp3) is 0.348. The highest BCUT2D eigenvalue weighted by molar-refractivity contribution is 5.91. The van der Waals surface area contributed by atoms with Crippen LogP contribution in [0.15, 0.2) is 54.9 Å². The minimum atomic E-state index is 0.732. The van der Waals surface area contributed by atoms with Crippen molar-refractivity contribution in [2.45, 2.75) is 6.42 Å². The Balaban J connectivity index is 1.22. The summed E-state index contributed by atoms with van der Waals surface area (Å²) < 4.78 is 7.88. The standard InChI is InChI=1S/C23H26N6O/c1-27-12-14-28(15-13-27)11-4-16-30-19-9-7-18(8-10-19)22-25-26-23-20-5-2-3-6-21(20)24-17-29(22)23/h2-3,5-10,17H,4,11-16H2,1H3. The summed E-state index contributed by atoms with van der Waals surface area (Å²) in [6.07, 6.45) is 2.83. The molecule has 2 aromatic heterocycles. The molecular weight excluding hydrogens is 376 g/mol. The number of piperazine rings is 1. The smallest absolute Gasteiger partial charge is 0.171 e. The summed E-state index contributed by atoms with van der Waals surface area (Å²) in [5.41, 5.74) is 2.73. The highest BCUT2D eigenvalue weighted by atomic mass is 16.5. The van der Waals surface area contributed by atoms with E-state index in [2.05, 4.69) is 32.0 Å². The van der Waals surface area contributed by atoms with Crippen LogP contribution in [0, 0.1) is 0 Å². The van der Waals surface area contributed by atoms with Crippen molar-refractivity contribution in [2.24, 2.45) is 0 Å². The van der Waals surface area contributed by atoms with E-state index in [1.54, 1.807) is 6.33 Å². The Hall–Kier alpha value is -3.03. The number of benzene rings is 2. The van der Waals surface area contributed by atoms with Gasteiger partial charge in [0, 0.05) is 43.7 Å². The third-order valence-corrected chi connectivity index (χ3v) is 5.75. The summed E-state index contributed by atoms with van der Waals surface area (Å²) in [7, 11) is 2.19. The highest BCUT2D eigenvalue weighted by Crippen LogP contribution is 2.24. The zero-order chi connectivity index (χ0) is 20.3. The van der Waals surface area contributed by atoms with Crippen LogP contribution in [0.4, 0.5) is 0 Å². The average Bonchev–Trinajstić information content (AvgIpc) is 3.23. The van der Waals surface area contributed by atoms with E-state index in [0.29, 0.717) is 0 Å². The molecule has 1 aliphatic heterocycles. The van der Waals surface area contributed by atoms with Crippen LogP contribution in [0.2, 0.25) is 0 Å². The molecule has 7 heteroatoms. The number of hydrogen-bond donors (Lipinski definition) is 0. The van der Waals surface area contributed by atoms with Crippen molar-refractivity contribution in [1.29, 1.82) is 0 Å². The monoisotopic (exact) mass is 402 g/mol. The van der Waals surface area contributed by atoms with Crippen LogP contribution in [0.1, 0.15) is 6.42 Å². The Bertz CT molecular complexity index is 1130. The molecule has 1 saturated heterocycles. The summed E-state index contributed by atoms with van der Waals surface area (Å²) in [4.78, 5) is 9.42. The van der Waals surface area contributed by atoms with Crippen molar-refractivity contribution in [2.75, 3.05) is 46.4 Å². The van der Waals surface area contributed by atoms with Gasteiger partial charge in [0.15, 0.2) is 11.5 Å². The highest BCUT2D eigenvalue weighted by Gasteiger charge is 2.13. The van der Waals surface area contributed by atoms with Gasteiger partial charge < -0.3 is 14.5 Å². The molecule has 5 rings (SSSR count). The second-order valence-electron chi connectivity index (χ2n) is 7.85. The average molecular weight is 403 g/mol. The first-order valence-corrected chi connectivity index (χ1v) is 10.5. The van der Waals surface area contributed by atoms with Crippen LogP contribution in [-0.4, -0.2) is 75.8 Å². The van der Waals surface area contributed by atoms with Crippen molar-refractivity contribution >= 4 is 16.6 Å². The first-order valence-electron chi connectivity index (χ1n) is 10.5. The van der Waals surface area contributed by atoms with Gasteiger partial charge in [-0.1, -0.05) is 12.1 Å². The zero-order valence-electron chi connectivity index (χ0n) is 17.2. The predicted molar refractivity (Wildman–Crippen MR) is 118 cm³/mol. The Morgan fingerprint density at radius 2 is 1.73 bits per heavy atom. The van der Waals surface area contributed by atoms with Crippen LogP contribution in [-0.2, 0) is 0 Å². The minimum Gasteiger partial charge on any atom is -0.494 e. The van der Waals surface area contributed by atoms with Crippen LogP contribution in [0.5, 0.6) is 5.75 Å². The molecule has 3 heterocycles. The Kier molecular flexibility index (Phi) is 5.29. The number of likely N-dealkylation sites (N-methyl/N-ethyl adjacent to an activating group) is 1. The van der Waals surface area contributed by atoms with E-state index in [1.165, 1.54) is 0 Å². The maximum absolute atomic E-state index is 5.94. The molecule has 1 aliphatic rings. The maximum atomic E-state index is 5.94. The molecule has 0 spiro atoms. The van der Waals surface area contributed by atoms with Gasteiger partial charge in [0.1, 0.15) is 12.1 Å². The minimum absolute atomic E-state index is 0.732. The lowest BCUT2D eigenvalue weighted by atomic mass is 10.2. The van der Waals surface area contributed by atoms with E-state index >= 15 is 0 Å². The van der Waals surface area contributed by atoms with Crippen LogP contribution < -0.4 is 4.74 Å². The van der Waals surface area contributed by atoms with Gasteiger partial charge in [0.05, 0.1) is 12.1 Å². The van der Waals surface area contributed by atoms with Crippen molar-refractivity contribution < 1.29 is 4.74 Å². The normalized spacial score (nSPS) is 15.8. The third kappa shape index (κ3) is 3.86. The molecule has 0 amide bonds. The Morgan fingerprint density at radius 1 is 0.933 bits per heavy atom. The van der Waals surface area contributed by atoms with Gasteiger partial charge in [0.25, 0.3) is 0 Å². The van der Waals surface area contributed by atoms with Gasteiger partial charge in [-0.05, 0) is 49.9 Å². The number of nitrogens with zero attached hydrogens (tertiary/aromatic N) is 6. The van der Waals surface area contributed by atoms with Crippen molar-refractivity contribution in [3.8, 4) is 17.1 Å². The van der Waals surface area contributed by atoms with Gasteiger partial charge in [-0.15, -0.1) is 10.2 Å². The summed E-state index contributed by atoms with van der Waals surface area (Å²) in [6.45, 7) is 6.45. The number of para-hydroxylation sites is 1. The molecule has 0 bridgehead atoms. The van der Waals surface area contributed by atoms with E-state index in [-0.39, 0.29) is 0 Å². The molecule has 0 atom stereocenters. The predicted octanol–water partition coefficient (Wildman–Crippen LogP) is 2.96. The zero-order valence-corrected chi connectivity index (χ0v) is 17.2. The molecule has 1 fully saturated rings. The Morgan fingerprint density at radius 3 is 2.57 bits per heavy atom. The molecule has 4 aromatic rings. The van der Waals surface area contributed by atoms with Crippen LogP contribution in [0.3, 0.4) is 0 Å². The van der Waals surface area contributed by atoms with Crippen molar-refractivity contribution in [3.63, 3.8) is 0 Å². The van der Waals surface area contributed by atoms with Gasteiger partial charge >= 0.3 is 0 Å². The summed E-state index contributed by atoms with van der Waals surface area (Å²) in [5.74, 6) is 1.67. The van der Waals surface area contributed by atoms with Gasteiger partial charge in [-0.25, -0.2) is 4.98 Å². The number of hydrogen-bond acceptors (Lipinski definition) is 6. The molecule has 2 aromatic carbocycles.